The smallest absolute Gasteiger partial charge is 0.306 e. The monoisotopic (exact) mass is 847 g/mol. The van der Waals surface area contributed by atoms with Gasteiger partial charge in [-0.05, 0) is 44.9 Å². The summed E-state index contributed by atoms with van der Waals surface area (Å²) in [6, 6.07) is 0. The summed E-state index contributed by atoms with van der Waals surface area (Å²) in [6.07, 6.45) is 59.5. The number of hydrogen-bond donors (Lipinski definition) is 0. The van der Waals surface area contributed by atoms with Crippen LogP contribution in [-0.4, -0.2) is 37.9 Å². The Morgan fingerprint density at radius 3 is 1.02 bits per heavy atom. The molecule has 1 unspecified atom stereocenters. The average Bonchev–Trinajstić information content (AvgIpc) is 3.25. The number of carbonyl (C=O) groups excluding carboxylic acids is 2. The van der Waals surface area contributed by atoms with Crippen LogP contribution in [0.2, 0.25) is 0 Å². The van der Waals surface area contributed by atoms with Gasteiger partial charge < -0.3 is 14.2 Å². The van der Waals surface area contributed by atoms with Crippen LogP contribution in [0.25, 0.3) is 0 Å². The summed E-state index contributed by atoms with van der Waals surface area (Å²) in [4.78, 5) is 25.3. The first-order valence-corrected chi connectivity index (χ1v) is 27.2. The summed E-state index contributed by atoms with van der Waals surface area (Å²) in [5.74, 6) is -0.389. The quantitative estimate of drug-likeness (QED) is 0.0347. The topological polar surface area (TPSA) is 61.8 Å². The average molecular weight is 847 g/mol. The van der Waals surface area contributed by atoms with Gasteiger partial charge in [-0.25, -0.2) is 0 Å². The molecule has 0 aliphatic heterocycles. The Balaban J connectivity index is 4.10. The minimum absolute atomic E-state index is 0.0899. The van der Waals surface area contributed by atoms with Gasteiger partial charge >= 0.3 is 11.9 Å². The van der Waals surface area contributed by atoms with Gasteiger partial charge in [0.25, 0.3) is 0 Å². The van der Waals surface area contributed by atoms with Crippen LogP contribution < -0.4 is 0 Å². The van der Waals surface area contributed by atoms with Crippen LogP contribution in [0.15, 0.2) is 12.2 Å². The van der Waals surface area contributed by atoms with E-state index < -0.39 is 6.10 Å². The molecule has 0 aliphatic carbocycles. The molecule has 0 N–H and O–H groups in total. The van der Waals surface area contributed by atoms with Gasteiger partial charge in [-0.2, -0.15) is 0 Å². The van der Waals surface area contributed by atoms with Crippen molar-refractivity contribution in [2.75, 3.05) is 19.8 Å². The number of esters is 2. The van der Waals surface area contributed by atoms with Crippen LogP contribution in [0.5, 0.6) is 0 Å². The second kappa shape index (κ2) is 52.0. The molecule has 0 bridgehead atoms. The Kier molecular flexibility index (Phi) is 50.8. The number of unbranched alkanes of at least 4 members (excludes halogenated alkanes) is 38. The number of hydrogen-bond acceptors (Lipinski definition) is 5. The lowest BCUT2D eigenvalue weighted by Gasteiger charge is -2.18. The standard InChI is InChI=1S/C55H106O5/c1-4-7-10-13-16-19-21-23-25-26-27-28-29-31-33-35-38-41-44-47-50-58-51-53(60-55(57)49-46-43-40-36-18-15-12-9-6-3)52-59-54(56)48-45-42-39-37-34-32-30-24-22-20-17-14-11-8-5-2/h24,30,53H,4-23,25-29,31-52H2,1-3H3/b30-24-. The largest absolute Gasteiger partial charge is 0.462 e. The summed E-state index contributed by atoms with van der Waals surface area (Å²) in [7, 11) is 0. The molecule has 60 heavy (non-hydrogen) atoms. The molecule has 0 fully saturated rings. The maximum absolute atomic E-state index is 12.7. The lowest BCUT2D eigenvalue weighted by atomic mass is 10.0. The second-order valence-electron chi connectivity index (χ2n) is 18.5. The van der Waals surface area contributed by atoms with Crippen LogP contribution in [-0.2, 0) is 23.8 Å². The van der Waals surface area contributed by atoms with Gasteiger partial charge in [0.15, 0.2) is 6.10 Å². The highest BCUT2D eigenvalue weighted by molar-refractivity contribution is 5.70. The van der Waals surface area contributed by atoms with E-state index >= 15 is 0 Å². The number of ether oxygens (including phenoxy) is 3. The van der Waals surface area contributed by atoms with Crippen molar-refractivity contribution in [2.45, 2.75) is 309 Å². The van der Waals surface area contributed by atoms with E-state index in [1.165, 1.54) is 231 Å². The maximum Gasteiger partial charge on any atom is 0.306 e. The van der Waals surface area contributed by atoms with Crippen LogP contribution >= 0.6 is 0 Å². The Morgan fingerprint density at radius 2 is 0.650 bits per heavy atom. The molecule has 5 nitrogen and oxygen atoms in total. The molecule has 0 aromatic rings. The molecule has 0 radical (unpaired) electrons. The van der Waals surface area contributed by atoms with Crippen molar-refractivity contribution in [1.82, 2.24) is 0 Å². The van der Waals surface area contributed by atoms with Crippen LogP contribution in [0, 0.1) is 0 Å². The van der Waals surface area contributed by atoms with E-state index in [1.807, 2.05) is 0 Å². The fourth-order valence-electron chi connectivity index (χ4n) is 8.21. The van der Waals surface area contributed by atoms with E-state index in [4.69, 9.17) is 14.2 Å². The third-order valence-corrected chi connectivity index (χ3v) is 12.3. The lowest BCUT2D eigenvalue weighted by Crippen LogP contribution is -2.30. The lowest BCUT2D eigenvalue weighted by molar-refractivity contribution is -0.163. The van der Waals surface area contributed by atoms with E-state index in [0.717, 1.165) is 38.5 Å². The molecule has 5 heteroatoms. The van der Waals surface area contributed by atoms with Crippen molar-refractivity contribution in [3.05, 3.63) is 12.2 Å². The van der Waals surface area contributed by atoms with Gasteiger partial charge in [0.05, 0.1) is 6.61 Å². The van der Waals surface area contributed by atoms with Gasteiger partial charge in [-0.3, -0.25) is 9.59 Å². The third kappa shape index (κ3) is 49.3. The highest BCUT2D eigenvalue weighted by Gasteiger charge is 2.17. The van der Waals surface area contributed by atoms with Crippen LogP contribution in [0.1, 0.15) is 303 Å². The Labute approximate surface area is 375 Å². The van der Waals surface area contributed by atoms with Crippen LogP contribution in [0.4, 0.5) is 0 Å². The SMILES string of the molecule is CCCCCCCC/C=C\CCCCCCCC(=O)OCC(COCCCCCCCCCCCCCCCCCCCCCC)OC(=O)CCCCCCCCCCC. The molecule has 0 saturated heterocycles. The molecule has 0 aliphatic rings. The molecule has 356 valence electrons. The van der Waals surface area contributed by atoms with Gasteiger partial charge in [-0.15, -0.1) is 0 Å². The first-order valence-electron chi connectivity index (χ1n) is 27.2. The second-order valence-corrected chi connectivity index (χ2v) is 18.5. The van der Waals surface area contributed by atoms with Gasteiger partial charge in [0, 0.05) is 19.4 Å². The minimum Gasteiger partial charge on any atom is -0.462 e. The highest BCUT2D eigenvalue weighted by atomic mass is 16.6. The zero-order chi connectivity index (χ0) is 43.5. The van der Waals surface area contributed by atoms with E-state index in [2.05, 4.69) is 32.9 Å². The molecule has 0 heterocycles. The molecule has 1 atom stereocenters. The summed E-state index contributed by atoms with van der Waals surface area (Å²) in [5, 5.41) is 0. The predicted molar refractivity (Wildman–Crippen MR) is 261 cm³/mol. The molecular formula is C55H106O5. The molecular weight excluding hydrogens is 741 g/mol. The number of carbonyl (C=O) groups is 2. The number of rotatable bonds is 51. The van der Waals surface area contributed by atoms with Gasteiger partial charge in [0.1, 0.15) is 6.61 Å². The zero-order valence-corrected chi connectivity index (χ0v) is 41.0. The van der Waals surface area contributed by atoms with E-state index in [9.17, 15) is 9.59 Å². The molecule has 0 aromatic heterocycles. The van der Waals surface area contributed by atoms with Crippen molar-refractivity contribution in [2.24, 2.45) is 0 Å². The first-order chi connectivity index (χ1) is 29.6. The predicted octanol–water partition coefficient (Wildman–Crippen LogP) is 18.2. The van der Waals surface area contributed by atoms with Crippen molar-refractivity contribution in [1.29, 1.82) is 0 Å². The van der Waals surface area contributed by atoms with Gasteiger partial charge in [0.2, 0.25) is 0 Å². The highest BCUT2D eigenvalue weighted by Crippen LogP contribution is 2.16. The summed E-state index contributed by atoms with van der Waals surface area (Å²) < 4.78 is 17.4. The van der Waals surface area contributed by atoms with Crippen molar-refractivity contribution < 1.29 is 23.8 Å². The minimum atomic E-state index is -0.528. The summed E-state index contributed by atoms with van der Waals surface area (Å²) in [6.45, 7) is 7.87. The van der Waals surface area contributed by atoms with Crippen LogP contribution in [0.3, 0.4) is 0 Å². The van der Waals surface area contributed by atoms with E-state index in [0.29, 0.717) is 26.1 Å². The normalized spacial score (nSPS) is 12.1. The van der Waals surface area contributed by atoms with Gasteiger partial charge in [-0.1, -0.05) is 258 Å². The van der Waals surface area contributed by atoms with E-state index in [1.54, 1.807) is 0 Å². The molecule has 0 saturated carbocycles. The first kappa shape index (κ1) is 58.6. The fraction of sp³-hybridized carbons (Fsp3) is 0.927. The fourth-order valence-corrected chi connectivity index (χ4v) is 8.21. The maximum atomic E-state index is 12.7. The molecule has 0 aromatic carbocycles. The van der Waals surface area contributed by atoms with Crippen molar-refractivity contribution >= 4 is 11.9 Å². The zero-order valence-electron chi connectivity index (χ0n) is 41.0. The summed E-state index contributed by atoms with van der Waals surface area (Å²) in [5.41, 5.74) is 0. The molecule has 0 spiro atoms. The van der Waals surface area contributed by atoms with Crippen molar-refractivity contribution in [3.63, 3.8) is 0 Å². The summed E-state index contributed by atoms with van der Waals surface area (Å²) >= 11 is 0. The van der Waals surface area contributed by atoms with E-state index in [-0.39, 0.29) is 18.5 Å². The Bertz CT molecular complexity index is 871. The Morgan fingerprint density at radius 1 is 0.350 bits per heavy atom. The van der Waals surface area contributed by atoms with Crippen molar-refractivity contribution in [3.8, 4) is 0 Å². The Hall–Kier alpha value is -1.36. The molecule has 0 rings (SSSR count). The molecule has 0 amide bonds. The number of allylic oxidation sites excluding steroid dienone is 2. The third-order valence-electron chi connectivity index (χ3n) is 12.3.